The van der Waals surface area contributed by atoms with Crippen LogP contribution in [0, 0.1) is 0 Å². The van der Waals surface area contributed by atoms with Crippen LogP contribution < -0.4 is 61.8 Å². The van der Waals surface area contributed by atoms with Crippen LogP contribution in [0.25, 0.3) is 0 Å². The molecule has 0 unspecified atom stereocenters. The zero-order valence-corrected chi connectivity index (χ0v) is 14.9. The number of nitrogens with zero attached hydrogens (tertiary/aromatic N) is 1. The number of carbonyl (C=O) groups excluding carboxylic acids is 2. The second-order valence-corrected chi connectivity index (χ2v) is 4.68. The quantitative estimate of drug-likeness (QED) is 0.663. The van der Waals surface area contributed by atoms with E-state index in [9.17, 15) is 27.9 Å². The fourth-order valence-electron chi connectivity index (χ4n) is 2.22. The van der Waals surface area contributed by atoms with Crippen molar-refractivity contribution in [2.24, 2.45) is 0 Å². The fourth-order valence-corrected chi connectivity index (χ4v) is 2.22. The Morgan fingerprint density at radius 2 is 2.00 bits per heavy atom. The molecule has 1 aliphatic rings. The normalized spacial score (nSPS) is 17.8. The molecule has 0 saturated carbocycles. The number of anilines is 1. The molecule has 114 valence electrons. The van der Waals surface area contributed by atoms with Crippen LogP contribution in [-0.2, 0) is 11.0 Å². The number of amides is 2. The minimum Gasteiger partial charge on any atom is -0.548 e. The van der Waals surface area contributed by atoms with Gasteiger partial charge in [-0.2, -0.15) is 13.2 Å². The fraction of sp³-hybridized carbons (Fsp3) is 0.385. The first-order valence-electron chi connectivity index (χ1n) is 6.25. The number of carboxylic acid groups (broad SMARTS) is 1. The number of rotatable bonds is 2. The van der Waals surface area contributed by atoms with Gasteiger partial charge in [-0.05, 0) is 31.0 Å². The molecule has 2 amide bonds. The maximum absolute atomic E-state index is 12.6. The number of likely N-dealkylation sites (tertiary alicyclic amines) is 1. The Labute approximate surface area is 167 Å². The molecule has 0 aromatic heterocycles. The van der Waals surface area contributed by atoms with E-state index < -0.39 is 29.8 Å². The van der Waals surface area contributed by atoms with E-state index in [1.807, 2.05) is 0 Å². The Morgan fingerprint density at radius 1 is 1.32 bits per heavy atom. The molecule has 1 heterocycles. The number of carbonyl (C=O) groups is 2. The van der Waals surface area contributed by atoms with E-state index >= 15 is 0 Å². The maximum atomic E-state index is 12.6. The molecular weight excluding hydrogens is 328 g/mol. The van der Waals surface area contributed by atoms with Crippen LogP contribution in [0.1, 0.15) is 18.4 Å². The Kier molecular flexibility index (Phi) is 6.87. The van der Waals surface area contributed by atoms with Crippen LogP contribution in [-0.4, -0.2) is 29.5 Å². The molecule has 1 atom stereocenters. The molecule has 5 nitrogen and oxygen atoms in total. The van der Waals surface area contributed by atoms with Gasteiger partial charge in [-0.1, -0.05) is 6.07 Å². The van der Waals surface area contributed by atoms with Gasteiger partial charge in [0.15, 0.2) is 0 Å². The number of benzene rings is 1. The first kappa shape index (κ1) is 19.4. The van der Waals surface area contributed by atoms with Crippen LogP contribution in [0.3, 0.4) is 0 Å². The molecule has 1 N–H and O–H groups in total. The molecule has 1 saturated heterocycles. The van der Waals surface area contributed by atoms with E-state index in [4.69, 9.17) is 0 Å². The topological polar surface area (TPSA) is 72.5 Å². The third kappa shape index (κ3) is 4.69. The monoisotopic (exact) mass is 340 g/mol. The Morgan fingerprint density at radius 3 is 2.59 bits per heavy atom. The Bertz CT molecular complexity index is 566. The van der Waals surface area contributed by atoms with Crippen molar-refractivity contribution in [2.75, 3.05) is 11.9 Å². The number of aliphatic carboxylic acids is 1. The molecule has 9 heteroatoms. The molecule has 1 aromatic rings. The van der Waals surface area contributed by atoms with Gasteiger partial charge in [0.05, 0.1) is 17.6 Å². The largest absolute Gasteiger partial charge is 1.00 e. The molecule has 1 aliphatic heterocycles. The summed E-state index contributed by atoms with van der Waals surface area (Å²) in [6, 6.07) is 2.35. The molecular formula is C13H12F3KN2O3. The van der Waals surface area contributed by atoms with Crippen LogP contribution in [0.4, 0.5) is 23.7 Å². The number of halogens is 3. The number of hydrogen-bond acceptors (Lipinski definition) is 3. The zero-order valence-electron chi connectivity index (χ0n) is 11.8. The standard InChI is InChI=1S/C13H13F3N2O3.K/c14-13(15,16)8-3-1-4-9(7-8)17-12(21)18-6-2-5-10(18)11(19)20;/h1,3-4,7,10H,2,5-6H2,(H,17,21)(H,19,20);/q;+1/p-1/t10-;/m1./s1. The molecule has 0 aliphatic carbocycles. The predicted octanol–water partition coefficient (Wildman–Crippen LogP) is -1.54. The Balaban J connectivity index is 0.00000242. The first-order valence-corrected chi connectivity index (χ1v) is 6.25. The van der Waals surface area contributed by atoms with Crippen LogP contribution in [0.15, 0.2) is 24.3 Å². The second-order valence-electron chi connectivity index (χ2n) is 4.68. The minimum absolute atomic E-state index is 0. The van der Waals surface area contributed by atoms with Crippen molar-refractivity contribution < 1.29 is 79.3 Å². The predicted molar refractivity (Wildman–Crippen MR) is 65.2 cm³/mol. The molecule has 0 bridgehead atoms. The average Bonchev–Trinajstić information content (AvgIpc) is 2.87. The average molecular weight is 340 g/mol. The molecule has 1 aromatic carbocycles. The third-order valence-electron chi connectivity index (χ3n) is 3.23. The summed E-state index contributed by atoms with van der Waals surface area (Å²) in [7, 11) is 0. The van der Waals surface area contributed by atoms with Crippen LogP contribution in [0.5, 0.6) is 0 Å². The van der Waals surface area contributed by atoms with Crippen LogP contribution >= 0.6 is 0 Å². The maximum Gasteiger partial charge on any atom is 1.00 e. The second kappa shape index (κ2) is 7.78. The van der Waals surface area contributed by atoms with Crippen molar-refractivity contribution in [3.63, 3.8) is 0 Å². The number of alkyl halides is 3. The first-order chi connectivity index (χ1) is 9.79. The van der Waals surface area contributed by atoms with Crippen molar-refractivity contribution in [3.05, 3.63) is 29.8 Å². The van der Waals surface area contributed by atoms with E-state index in [1.54, 1.807) is 0 Å². The van der Waals surface area contributed by atoms with Crippen molar-refractivity contribution in [2.45, 2.75) is 25.1 Å². The van der Waals surface area contributed by atoms with E-state index in [1.165, 1.54) is 12.1 Å². The molecule has 1 fully saturated rings. The summed E-state index contributed by atoms with van der Waals surface area (Å²) in [6.45, 7) is 0.226. The van der Waals surface area contributed by atoms with E-state index in [0.29, 0.717) is 6.42 Å². The third-order valence-corrected chi connectivity index (χ3v) is 3.23. The van der Waals surface area contributed by atoms with E-state index in [-0.39, 0.29) is 70.0 Å². The molecule has 0 spiro atoms. The minimum atomic E-state index is -4.51. The van der Waals surface area contributed by atoms with E-state index in [0.717, 1.165) is 17.0 Å². The molecule has 2 rings (SSSR count). The number of urea groups is 1. The van der Waals surface area contributed by atoms with Crippen molar-refractivity contribution >= 4 is 17.7 Å². The van der Waals surface area contributed by atoms with Gasteiger partial charge in [0.1, 0.15) is 0 Å². The van der Waals surface area contributed by atoms with E-state index in [2.05, 4.69) is 5.32 Å². The summed E-state index contributed by atoms with van der Waals surface area (Å²) in [5.41, 5.74) is -0.933. The summed E-state index contributed by atoms with van der Waals surface area (Å²) in [5.74, 6) is -1.37. The van der Waals surface area contributed by atoms with Gasteiger partial charge in [0.2, 0.25) is 0 Å². The zero-order chi connectivity index (χ0) is 15.6. The van der Waals surface area contributed by atoms with Gasteiger partial charge in [-0.15, -0.1) is 0 Å². The van der Waals surface area contributed by atoms with Crippen molar-refractivity contribution in [1.82, 2.24) is 4.90 Å². The summed E-state index contributed by atoms with van der Waals surface area (Å²) in [6.07, 6.45) is -3.73. The number of nitrogens with one attached hydrogen (secondary N) is 1. The Hall–Kier alpha value is -0.614. The summed E-state index contributed by atoms with van der Waals surface area (Å²) in [4.78, 5) is 23.9. The molecule has 22 heavy (non-hydrogen) atoms. The molecule has 0 radical (unpaired) electrons. The van der Waals surface area contributed by atoms with Crippen molar-refractivity contribution in [1.29, 1.82) is 0 Å². The summed E-state index contributed by atoms with van der Waals surface area (Å²) < 4.78 is 37.7. The van der Waals surface area contributed by atoms with Gasteiger partial charge < -0.3 is 20.1 Å². The smallest absolute Gasteiger partial charge is 0.548 e. The van der Waals surface area contributed by atoms with Gasteiger partial charge in [0, 0.05) is 12.2 Å². The van der Waals surface area contributed by atoms with Gasteiger partial charge in [-0.25, -0.2) is 4.79 Å². The van der Waals surface area contributed by atoms with Gasteiger partial charge >= 0.3 is 63.6 Å². The van der Waals surface area contributed by atoms with Gasteiger partial charge in [0.25, 0.3) is 0 Å². The van der Waals surface area contributed by atoms with Crippen LogP contribution in [0.2, 0.25) is 0 Å². The summed E-state index contributed by atoms with van der Waals surface area (Å²) in [5, 5.41) is 13.2. The number of hydrogen-bond donors (Lipinski definition) is 1. The van der Waals surface area contributed by atoms with Crippen molar-refractivity contribution in [3.8, 4) is 0 Å². The summed E-state index contributed by atoms with van der Waals surface area (Å²) >= 11 is 0. The van der Waals surface area contributed by atoms with Gasteiger partial charge in [-0.3, -0.25) is 0 Å². The number of carboxylic acids is 1. The SMILES string of the molecule is O=C([O-])[C@H]1CCCN1C(=O)Nc1cccc(C(F)(F)F)c1.[K+].